The van der Waals surface area contributed by atoms with E-state index in [2.05, 4.69) is 23.8 Å². The smallest absolute Gasteiger partial charge is 0.232 e. The van der Waals surface area contributed by atoms with E-state index in [0.29, 0.717) is 28.8 Å². The summed E-state index contributed by atoms with van der Waals surface area (Å²) in [5, 5.41) is 0. The molecule has 0 saturated carbocycles. The summed E-state index contributed by atoms with van der Waals surface area (Å²) in [7, 11) is 1.53. The molecule has 0 radical (unpaired) electrons. The Bertz CT molecular complexity index is 796. The summed E-state index contributed by atoms with van der Waals surface area (Å²) in [5.41, 5.74) is 2.28. The largest absolute Gasteiger partial charge is 0.480 e. The van der Waals surface area contributed by atoms with E-state index in [4.69, 9.17) is 9.15 Å². The molecular weight excluding hydrogens is 271 g/mol. The predicted octanol–water partition coefficient (Wildman–Crippen LogP) is 4.16. The summed E-state index contributed by atoms with van der Waals surface area (Å²) in [4.78, 5) is 8.50. The van der Waals surface area contributed by atoms with Crippen molar-refractivity contribution in [1.82, 2.24) is 9.97 Å². The molecular formula is C16H15FN2O2. The number of hydrogen-bond acceptors (Lipinski definition) is 4. The summed E-state index contributed by atoms with van der Waals surface area (Å²) in [5.74, 6) is 0.617. The van der Waals surface area contributed by atoms with Gasteiger partial charge in [-0.1, -0.05) is 19.9 Å². The van der Waals surface area contributed by atoms with E-state index in [1.54, 1.807) is 18.3 Å². The number of nitrogens with zero attached hydrogens (tertiary/aromatic N) is 2. The Morgan fingerprint density at radius 3 is 2.76 bits per heavy atom. The van der Waals surface area contributed by atoms with Crippen LogP contribution >= 0.6 is 0 Å². The first kappa shape index (κ1) is 13.5. The van der Waals surface area contributed by atoms with E-state index < -0.39 is 5.82 Å². The predicted molar refractivity (Wildman–Crippen MR) is 77.8 cm³/mol. The zero-order chi connectivity index (χ0) is 15.0. The summed E-state index contributed by atoms with van der Waals surface area (Å²) in [6.07, 6.45) is 1.76. The molecule has 1 aromatic carbocycles. The fraction of sp³-hybridized carbons (Fsp3) is 0.250. The number of benzene rings is 1. The molecule has 0 atom stereocenters. The van der Waals surface area contributed by atoms with Crippen molar-refractivity contribution in [2.75, 3.05) is 7.11 Å². The Kier molecular flexibility index (Phi) is 3.33. The summed E-state index contributed by atoms with van der Waals surface area (Å²) in [6.45, 7) is 4.14. The van der Waals surface area contributed by atoms with Gasteiger partial charge in [0, 0.05) is 6.20 Å². The highest BCUT2D eigenvalue weighted by molar-refractivity contribution is 5.77. The molecule has 0 amide bonds. The van der Waals surface area contributed by atoms with Gasteiger partial charge in [0.25, 0.3) is 0 Å². The van der Waals surface area contributed by atoms with Crippen LogP contribution in [0.1, 0.15) is 25.3 Å². The Morgan fingerprint density at radius 1 is 1.29 bits per heavy atom. The molecule has 0 saturated heterocycles. The van der Waals surface area contributed by atoms with E-state index in [1.165, 1.54) is 13.2 Å². The molecule has 3 rings (SSSR count). The molecule has 3 aromatic rings. The van der Waals surface area contributed by atoms with Crippen molar-refractivity contribution in [2.45, 2.75) is 19.8 Å². The van der Waals surface area contributed by atoms with Gasteiger partial charge in [0.1, 0.15) is 5.52 Å². The number of hydrogen-bond donors (Lipinski definition) is 0. The normalized spacial score (nSPS) is 11.3. The van der Waals surface area contributed by atoms with Gasteiger partial charge in [0.05, 0.1) is 12.7 Å². The average molecular weight is 286 g/mol. The van der Waals surface area contributed by atoms with E-state index >= 15 is 0 Å². The molecule has 2 aromatic heterocycles. The van der Waals surface area contributed by atoms with Gasteiger partial charge in [-0.05, 0) is 29.7 Å². The summed E-state index contributed by atoms with van der Waals surface area (Å²) in [6, 6.07) is 6.54. The molecule has 21 heavy (non-hydrogen) atoms. The van der Waals surface area contributed by atoms with Crippen molar-refractivity contribution in [1.29, 1.82) is 0 Å². The highest BCUT2D eigenvalue weighted by atomic mass is 19.1. The van der Waals surface area contributed by atoms with Crippen LogP contribution in [0.15, 0.2) is 34.9 Å². The minimum absolute atomic E-state index is 0.213. The topological polar surface area (TPSA) is 48.2 Å². The second-order valence-corrected chi connectivity index (χ2v) is 5.09. The van der Waals surface area contributed by atoms with Crippen LogP contribution in [0.5, 0.6) is 5.88 Å². The molecule has 0 aliphatic carbocycles. The van der Waals surface area contributed by atoms with Crippen LogP contribution in [-0.4, -0.2) is 17.1 Å². The number of oxazole rings is 1. The fourth-order valence-electron chi connectivity index (χ4n) is 2.13. The van der Waals surface area contributed by atoms with Crippen LogP contribution in [0.2, 0.25) is 0 Å². The minimum Gasteiger partial charge on any atom is -0.480 e. The van der Waals surface area contributed by atoms with Crippen LogP contribution in [0.25, 0.3) is 22.6 Å². The van der Waals surface area contributed by atoms with Gasteiger partial charge in [-0.15, -0.1) is 0 Å². The summed E-state index contributed by atoms with van der Waals surface area (Å²) < 4.78 is 24.6. The highest BCUT2D eigenvalue weighted by Gasteiger charge is 2.17. The first-order valence-electron chi connectivity index (χ1n) is 6.69. The third kappa shape index (κ3) is 2.35. The lowest BCUT2D eigenvalue weighted by Crippen LogP contribution is -1.96. The average Bonchev–Trinajstić information content (AvgIpc) is 2.92. The van der Waals surface area contributed by atoms with Crippen molar-refractivity contribution >= 4 is 11.1 Å². The molecule has 0 aliphatic rings. The first-order valence-corrected chi connectivity index (χ1v) is 6.69. The lowest BCUT2D eigenvalue weighted by atomic mass is 10.0. The van der Waals surface area contributed by atoms with Gasteiger partial charge in [-0.25, -0.2) is 14.4 Å². The monoisotopic (exact) mass is 286 g/mol. The highest BCUT2D eigenvalue weighted by Crippen LogP contribution is 2.32. The molecule has 5 heteroatoms. The molecule has 0 spiro atoms. The Morgan fingerprint density at radius 2 is 2.10 bits per heavy atom. The quantitative estimate of drug-likeness (QED) is 0.725. The molecule has 0 unspecified atom stereocenters. The molecule has 0 aliphatic heterocycles. The Labute approximate surface area is 121 Å². The van der Waals surface area contributed by atoms with Crippen LogP contribution in [0.4, 0.5) is 4.39 Å². The molecule has 4 nitrogen and oxygen atoms in total. The van der Waals surface area contributed by atoms with Gasteiger partial charge in [-0.2, -0.15) is 0 Å². The number of rotatable bonds is 3. The molecule has 0 N–H and O–H groups in total. The number of aromatic nitrogens is 2. The number of fused-ring (bicyclic) bond motifs is 1. The summed E-state index contributed by atoms with van der Waals surface area (Å²) >= 11 is 0. The first-order chi connectivity index (χ1) is 10.1. The minimum atomic E-state index is -0.408. The van der Waals surface area contributed by atoms with Gasteiger partial charge in [0.15, 0.2) is 11.4 Å². The van der Waals surface area contributed by atoms with Crippen LogP contribution < -0.4 is 4.74 Å². The van der Waals surface area contributed by atoms with Crippen LogP contribution in [-0.2, 0) is 0 Å². The molecule has 108 valence electrons. The van der Waals surface area contributed by atoms with Gasteiger partial charge >= 0.3 is 0 Å². The molecule has 0 fully saturated rings. The lowest BCUT2D eigenvalue weighted by Gasteiger charge is -2.09. The van der Waals surface area contributed by atoms with E-state index in [1.807, 2.05) is 6.07 Å². The van der Waals surface area contributed by atoms with E-state index in [-0.39, 0.29) is 5.52 Å². The number of pyridine rings is 1. The zero-order valence-corrected chi connectivity index (χ0v) is 12.1. The lowest BCUT2D eigenvalue weighted by molar-refractivity contribution is 0.397. The van der Waals surface area contributed by atoms with E-state index in [9.17, 15) is 4.39 Å². The van der Waals surface area contributed by atoms with Gasteiger partial charge < -0.3 is 9.15 Å². The van der Waals surface area contributed by atoms with Crippen molar-refractivity contribution in [3.63, 3.8) is 0 Å². The second-order valence-electron chi connectivity index (χ2n) is 5.09. The third-order valence-corrected chi connectivity index (χ3v) is 3.33. The van der Waals surface area contributed by atoms with Gasteiger partial charge in [-0.3, -0.25) is 0 Å². The second kappa shape index (κ2) is 5.16. The third-order valence-electron chi connectivity index (χ3n) is 3.33. The Balaban J connectivity index is 2.21. The number of methoxy groups -OCH3 is 1. The van der Waals surface area contributed by atoms with Crippen molar-refractivity contribution in [3.05, 3.63) is 41.8 Å². The maximum atomic E-state index is 13.7. The van der Waals surface area contributed by atoms with Crippen molar-refractivity contribution < 1.29 is 13.5 Å². The number of ether oxygens (including phenoxy) is 1. The SMILES string of the molecule is COc1ncc(C(C)C)cc1-c1nc2c(F)cccc2o1. The fourth-order valence-corrected chi connectivity index (χ4v) is 2.13. The number of para-hydroxylation sites is 1. The van der Waals surface area contributed by atoms with Crippen molar-refractivity contribution in [3.8, 4) is 17.3 Å². The van der Waals surface area contributed by atoms with Gasteiger partial charge in [0.2, 0.25) is 11.8 Å². The van der Waals surface area contributed by atoms with Crippen LogP contribution in [0.3, 0.4) is 0 Å². The van der Waals surface area contributed by atoms with E-state index in [0.717, 1.165) is 5.56 Å². The maximum absolute atomic E-state index is 13.7. The zero-order valence-electron chi connectivity index (χ0n) is 12.1. The Hall–Kier alpha value is -2.43. The maximum Gasteiger partial charge on any atom is 0.232 e. The number of halogens is 1. The van der Waals surface area contributed by atoms with Crippen LogP contribution in [0, 0.1) is 5.82 Å². The standard InChI is InChI=1S/C16H15FN2O2/c1-9(2)10-7-11(15(20-3)18-8-10)16-19-14-12(17)5-4-6-13(14)21-16/h4-9H,1-3H3. The molecule has 0 bridgehead atoms. The van der Waals surface area contributed by atoms with Crippen molar-refractivity contribution in [2.24, 2.45) is 0 Å². The molecule has 2 heterocycles.